The minimum absolute atomic E-state index is 0.163. The lowest BCUT2D eigenvalue weighted by Crippen LogP contribution is -2.59. The van der Waals surface area contributed by atoms with E-state index >= 15 is 0 Å². The highest BCUT2D eigenvalue weighted by molar-refractivity contribution is 5.90. The molecule has 0 radical (unpaired) electrons. The SMILES string of the molecule is CC(=O)O[C@H]1CCN(C(=O)[C@@H](NC(=O)[C@H](C)N(C)C)C(C)(C)C)[C@@H]1Cc1c[nH]c2ncccc12. The predicted molar refractivity (Wildman–Crippen MR) is 130 cm³/mol. The number of aromatic nitrogens is 2. The zero-order valence-electron chi connectivity index (χ0n) is 21.2. The van der Waals surface area contributed by atoms with Gasteiger partial charge in [-0.15, -0.1) is 0 Å². The number of hydrogen-bond donors (Lipinski definition) is 2. The molecule has 186 valence electrons. The maximum absolute atomic E-state index is 13.9. The van der Waals surface area contributed by atoms with E-state index in [1.54, 1.807) is 22.9 Å². The number of likely N-dealkylation sites (N-methyl/N-ethyl adjacent to an activating group) is 1. The van der Waals surface area contributed by atoms with Gasteiger partial charge < -0.3 is 19.9 Å². The van der Waals surface area contributed by atoms with Crippen LogP contribution >= 0.6 is 0 Å². The summed E-state index contributed by atoms with van der Waals surface area (Å²) in [5, 5.41) is 3.96. The van der Waals surface area contributed by atoms with Crippen LogP contribution < -0.4 is 5.32 Å². The van der Waals surface area contributed by atoms with E-state index in [4.69, 9.17) is 4.74 Å². The van der Waals surface area contributed by atoms with Crippen LogP contribution in [0.5, 0.6) is 0 Å². The summed E-state index contributed by atoms with van der Waals surface area (Å²) in [5.74, 6) is -0.733. The number of fused-ring (bicyclic) bond motifs is 1. The monoisotopic (exact) mass is 471 g/mol. The second kappa shape index (κ2) is 10.1. The molecule has 1 aliphatic heterocycles. The number of likely N-dealkylation sites (tertiary alicyclic amines) is 1. The van der Waals surface area contributed by atoms with Crippen LogP contribution in [0.3, 0.4) is 0 Å². The highest BCUT2D eigenvalue weighted by atomic mass is 16.5. The molecule has 3 rings (SSSR count). The van der Waals surface area contributed by atoms with Gasteiger partial charge in [0, 0.05) is 37.7 Å². The highest BCUT2D eigenvalue weighted by Gasteiger charge is 2.44. The summed E-state index contributed by atoms with van der Waals surface area (Å²) < 4.78 is 5.63. The second-order valence-corrected chi connectivity index (χ2v) is 10.4. The van der Waals surface area contributed by atoms with Crippen molar-refractivity contribution in [2.45, 2.75) is 71.7 Å². The van der Waals surface area contributed by atoms with Gasteiger partial charge in [0.25, 0.3) is 0 Å². The molecule has 0 unspecified atom stereocenters. The predicted octanol–water partition coefficient (Wildman–Crippen LogP) is 2.12. The Morgan fingerprint density at radius 2 is 2.03 bits per heavy atom. The summed E-state index contributed by atoms with van der Waals surface area (Å²) in [6.07, 6.45) is 4.26. The summed E-state index contributed by atoms with van der Waals surface area (Å²) >= 11 is 0. The molecule has 9 heteroatoms. The number of aromatic amines is 1. The number of pyridine rings is 1. The summed E-state index contributed by atoms with van der Waals surface area (Å²) in [6.45, 7) is 9.47. The van der Waals surface area contributed by atoms with E-state index in [9.17, 15) is 14.4 Å². The Morgan fingerprint density at radius 3 is 2.65 bits per heavy atom. The Morgan fingerprint density at radius 1 is 1.32 bits per heavy atom. The van der Waals surface area contributed by atoms with Crippen LogP contribution in [0.2, 0.25) is 0 Å². The number of carbonyl (C=O) groups excluding carboxylic acids is 3. The maximum Gasteiger partial charge on any atom is 0.302 e. The molecule has 9 nitrogen and oxygen atoms in total. The maximum atomic E-state index is 13.9. The van der Waals surface area contributed by atoms with Crippen molar-refractivity contribution in [3.8, 4) is 0 Å². The smallest absolute Gasteiger partial charge is 0.302 e. The van der Waals surface area contributed by atoms with Gasteiger partial charge in [-0.25, -0.2) is 4.98 Å². The van der Waals surface area contributed by atoms with Crippen LogP contribution in [-0.4, -0.2) is 82.4 Å². The number of nitrogens with zero attached hydrogens (tertiary/aromatic N) is 3. The third-order valence-electron chi connectivity index (χ3n) is 6.60. The highest BCUT2D eigenvalue weighted by Crippen LogP contribution is 2.30. The Balaban J connectivity index is 1.90. The fourth-order valence-electron chi connectivity index (χ4n) is 4.41. The van der Waals surface area contributed by atoms with Crippen molar-refractivity contribution < 1.29 is 19.1 Å². The minimum Gasteiger partial charge on any atom is -0.460 e. The summed E-state index contributed by atoms with van der Waals surface area (Å²) in [6, 6.07) is 2.42. The van der Waals surface area contributed by atoms with Crippen LogP contribution in [0.4, 0.5) is 0 Å². The molecular formula is C25H37N5O4. The van der Waals surface area contributed by atoms with E-state index in [0.717, 1.165) is 16.6 Å². The van der Waals surface area contributed by atoms with Gasteiger partial charge in [-0.1, -0.05) is 20.8 Å². The summed E-state index contributed by atoms with van der Waals surface area (Å²) in [5.41, 5.74) is 1.27. The van der Waals surface area contributed by atoms with Crippen LogP contribution in [0.1, 0.15) is 46.6 Å². The number of hydrogen-bond acceptors (Lipinski definition) is 6. The molecule has 3 heterocycles. The van der Waals surface area contributed by atoms with Gasteiger partial charge in [-0.2, -0.15) is 0 Å². The molecule has 2 aromatic heterocycles. The summed E-state index contributed by atoms with van der Waals surface area (Å²) in [7, 11) is 3.66. The molecule has 34 heavy (non-hydrogen) atoms. The number of amides is 2. The molecule has 2 amide bonds. The number of esters is 1. The van der Waals surface area contributed by atoms with Gasteiger partial charge in [-0.3, -0.25) is 19.3 Å². The number of H-pyrrole nitrogens is 1. The van der Waals surface area contributed by atoms with Gasteiger partial charge in [-0.05, 0) is 50.6 Å². The lowest BCUT2D eigenvalue weighted by atomic mass is 9.85. The molecule has 1 aliphatic rings. The first-order valence-electron chi connectivity index (χ1n) is 11.8. The first-order chi connectivity index (χ1) is 15.9. The van der Waals surface area contributed by atoms with E-state index in [-0.39, 0.29) is 29.9 Å². The van der Waals surface area contributed by atoms with Crippen molar-refractivity contribution >= 4 is 28.8 Å². The number of carbonyl (C=O) groups is 3. The quantitative estimate of drug-likeness (QED) is 0.599. The lowest BCUT2D eigenvalue weighted by Gasteiger charge is -2.37. The molecule has 0 bridgehead atoms. The Labute approximate surface area is 201 Å². The van der Waals surface area contributed by atoms with Crippen molar-refractivity contribution in [2.24, 2.45) is 5.41 Å². The van der Waals surface area contributed by atoms with E-state index < -0.39 is 17.6 Å². The molecular weight excluding hydrogens is 434 g/mol. The topological polar surface area (TPSA) is 108 Å². The van der Waals surface area contributed by atoms with Crippen LogP contribution in [-0.2, 0) is 25.5 Å². The zero-order chi connectivity index (χ0) is 25.2. The molecule has 0 saturated carbocycles. The average molecular weight is 472 g/mol. The van der Waals surface area contributed by atoms with Gasteiger partial charge in [0.2, 0.25) is 11.8 Å². The Bertz CT molecular complexity index is 1040. The van der Waals surface area contributed by atoms with Gasteiger partial charge in [0.15, 0.2) is 0 Å². The van der Waals surface area contributed by atoms with Crippen molar-refractivity contribution in [3.05, 3.63) is 30.1 Å². The summed E-state index contributed by atoms with van der Waals surface area (Å²) in [4.78, 5) is 49.7. The van der Waals surface area contributed by atoms with Gasteiger partial charge in [0.05, 0.1) is 12.1 Å². The first kappa shape index (κ1) is 25.7. The minimum atomic E-state index is -0.717. The Hall–Kier alpha value is -2.94. The van der Waals surface area contributed by atoms with E-state index in [2.05, 4.69) is 15.3 Å². The molecule has 4 atom stereocenters. The molecule has 0 aromatic carbocycles. The largest absolute Gasteiger partial charge is 0.460 e. The third kappa shape index (κ3) is 5.58. The number of ether oxygens (including phenoxy) is 1. The second-order valence-electron chi connectivity index (χ2n) is 10.4. The van der Waals surface area contributed by atoms with Crippen molar-refractivity contribution in [3.63, 3.8) is 0 Å². The van der Waals surface area contributed by atoms with Crippen molar-refractivity contribution in [1.29, 1.82) is 0 Å². The molecule has 0 spiro atoms. The molecule has 1 saturated heterocycles. The molecule has 0 aliphatic carbocycles. The standard InChI is InChI=1S/C25H37N5O4/c1-15(29(6)7)23(32)28-21(25(3,4)5)24(33)30-12-10-20(34-16(2)31)19(30)13-17-14-27-22-18(17)9-8-11-26-22/h8-9,11,14-15,19-21H,10,12-13H2,1-7H3,(H,26,27)(H,28,32)/t15-,19+,20-,21+/m0/s1. The fraction of sp³-hybridized carbons (Fsp3) is 0.600. The van der Waals surface area contributed by atoms with E-state index in [1.165, 1.54) is 6.92 Å². The zero-order valence-corrected chi connectivity index (χ0v) is 21.2. The molecule has 2 aromatic rings. The normalized spacial score (nSPS) is 20.4. The van der Waals surface area contributed by atoms with Gasteiger partial charge in [0.1, 0.15) is 17.8 Å². The average Bonchev–Trinajstić information content (AvgIpc) is 3.34. The van der Waals surface area contributed by atoms with Crippen molar-refractivity contribution in [2.75, 3.05) is 20.6 Å². The first-order valence-corrected chi connectivity index (χ1v) is 11.8. The van der Waals surface area contributed by atoms with E-state index in [1.807, 2.05) is 53.2 Å². The third-order valence-corrected chi connectivity index (χ3v) is 6.60. The van der Waals surface area contributed by atoms with E-state index in [0.29, 0.717) is 19.4 Å². The van der Waals surface area contributed by atoms with Crippen LogP contribution in [0.15, 0.2) is 24.5 Å². The van der Waals surface area contributed by atoms with Crippen molar-refractivity contribution in [1.82, 2.24) is 25.1 Å². The van der Waals surface area contributed by atoms with Gasteiger partial charge >= 0.3 is 5.97 Å². The molecule has 2 N–H and O–H groups in total. The van der Waals surface area contributed by atoms with Crippen LogP contribution in [0.25, 0.3) is 11.0 Å². The number of rotatable bonds is 7. The number of nitrogens with one attached hydrogen (secondary N) is 2. The Kier molecular flexibility index (Phi) is 7.65. The lowest BCUT2D eigenvalue weighted by molar-refractivity contribution is -0.150. The van der Waals surface area contributed by atoms with Crippen LogP contribution in [0, 0.1) is 5.41 Å². The molecule has 1 fully saturated rings. The fourth-order valence-corrected chi connectivity index (χ4v) is 4.41.